The second-order valence-corrected chi connectivity index (χ2v) is 6.94. The van der Waals surface area contributed by atoms with Gasteiger partial charge in [-0.25, -0.2) is 8.42 Å². The van der Waals surface area contributed by atoms with Gasteiger partial charge >= 0.3 is 0 Å². The molecule has 1 aromatic carbocycles. The maximum absolute atomic E-state index is 12.7. The van der Waals surface area contributed by atoms with Crippen molar-refractivity contribution in [3.63, 3.8) is 0 Å². The summed E-state index contributed by atoms with van der Waals surface area (Å²) in [6, 6.07) is 4.63. The molecule has 4 N–H and O–H groups in total. The molecule has 0 unspecified atom stereocenters. The van der Waals surface area contributed by atoms with Crippen molar-refractivity contribution in [2.45, 2.75) is 11.8 Å². The molecule has 1 fully saturated rings. The fraction of sp³-hybridized carbons (Fsp3) is 0.500. The monoisotopic (exact) mass is 342 g/mol. The number of sulfonamides is 1. The fourth-order valence-electron chi connectivity index (χ4n) is 2.27. The molecule has 0 saturated carbocycles. The Bertz CT molecular complexity index is 657. The molecule has 0 atom stereocenters. The van der Waals surface area contributed by atoms with E-state index in [0.717, 1.165) is 0 Å². The minimum Gasteiger partial charge on any atom is -0.384 e. The van der Waals surface area contributed by atoms with Crippen LogP contribution in [0.1, 0.15) is 6.92 Å². The number of amides is 1. The molecule has 1 heterocycles. The van der Waals surface area contributed by atoms with Crippen molar-refractivity contribution in [3.05, 3.63) is 18.2 Å². The smallest absolute Gasteiger partial charge is 0.243 e. The first-order chi connectivity index (χ1) is 11.0. The summed E-state index contributed by atoms with van der Waals surface area (Å²) in [5.74, 6) is -0.384. The van der Waals surface area contributed by atoms with Crippen molar-refractivity contribution < 1.29 is 17.9 Å². The molecule has 1 aliphatic rings. The Labute approximate surface area is 136 Å². The Kier molecular flexibility index (Phi) is 5.94. The summed E-state index contributed by atoms with van der Waals surface area (Å²) in [5.41, 5.74) is 6.36. The number of hydrogen-bond donors (Lipinski definition) is 3. The number of morpholine rings is 1. The van der Waals surface area contributed by atoms with Crippen molar-refractivity contribution >= 4 is 27.3 Å². The quantitative estimate of drug-likeness (QED) is 0.672. The first kappa shape index (κ1) is 17.7. The van der Waals surface area contributed by atoms with E-state index in [4.69, 9.17) is 10.5 Å². The number of ether oxygens (including phenoxy) is 1. The van der Waals surface area contributed by atoms with Crippen LogP contribution in [-0.2, 0) is 19.6 Å². The van der Waals surface area contributed by atoms with Gasteiger partial charge in [-0.3, -0.25) is 4.79 Å². The molecule has 0 aliphatic carbocycles. The average Bonchev–Trinajstić information content (AvgIpc) is 2.57. The zero-order valence-electron chi connectivity index (χ0n) is 13.0. The third-order valence-corrected chi connectivity index (χ3v) is 5.32. The van der Waals surface area contributed by atoms with E-state index in [0.29, 0.717) is 44.2 Å². The largest absolute Gasteiger partial charge is 0.384 e. The molecule has 0 spiro atoms. The van der Waals surface area contributed by atoms with Crippen LogP contribution in [0, 0.1) is 0 Å². The molecule has 9 heteroatoms. The molecular weight excluding hydrogens is 320 g/mol. The molecule has 23 heavy (non-hydrogen) atoms. The number of anilines is 2. The number of nitrogens with one attached hydrogen (secondary N) is 2. The average molecular weight is 342 g/mol. The van der Waals surface area contributed by atoms with E-state index in [-0.39, 0.29) is 17.3 Å². The van der Waals surface area contributed by atoms with Crippen LogP contribution in [-0.4, -0.2) is 58.0 Å². The summed E-state index contributed by atoms with van der Waals surface area (Å²) in [7, 11) is -3.62. The second kappa shape index (κ2) is 7.73. The molecular formula is C14H22N4O4S. The molecule has 2 rings (SSSR count). The van der Waals surface area contributed by atoms with Crippen molar-refractivity contribution in [2.75, 3.05) is 50.0 Å². The first-order valence-corrected chi connectivity index (χ1v) is 8.88. The minimum absolute atomic E-state index is 0.133. The van der Waals surface area contributed by atoms with Gasteiger partial charge in [0.1, 0.15) is 0 Å². The predicted octanol–water partition coefficient (Wildman–Crippen LogP) is 0.0365. The molecule has 128 valence electrons. The van der Waals surface area contributed by atoms with Crippen molar-refractivity contribution in [2.24, 2.45) is 5.73 Å². The highest BCUT2D eigenvalue weighted by Crippen LogP contribution is 2.27. The number of rotatable bonds is 6. The summed E-state index contributed by atoms with van der Waals surface area (Å²) in [6.45, 7) is 3.78. The van der Waals surface area contributed by atoms with Gasteiger partial charge in [0.25, 0.3) is 0 Å². The first-order valence-electron chi connectivity index (χ1n) is 7.44. The highest BCUT2D eigenvalue weighted by atomic mass is 32.2. The SMILES string of the molecule is CCNc1ccc(S(=O)(=O)N2CCOCC2)cc1NC(=O)CN. The summed E-state index contributed by atoms with van der Waals surface area (Å²) in [5, 5.41) is 5.71. The van der Waals surface area contributed by atoms with Crippen LogP contribution in [0.4, 0.5) is 11.4 Å². The maximum atomic E-state index is 12.7. The van der Waals surface area contributed by atoms with Crippen LogP contribution >= 0.6 is 0 Å². The normalized spacial score (nSPS) is 16.1. The molecule has 1 aliphatic heterocycles. The number of carbonyl (C=O) groups excluding carboxylic acids is 1. The number of hydrogen-bond acceptors (Lipinski definition) is 6. The van der Waals surface area contributed by atoms with Gasteiger partial charge in [-0.15, -0.1) is 0 Å². The van der Waals surface area contributed by atoms with E-state index in [9.17, 15) is 13.2 Å². The summed E-state index contributed by atoms with van der Waals surface area (Å²) < 4.78 is 31.9. The zero-order valence-corrected chi connectivity index (χ0v) is 13.9. The highest BCUT2D eigenvalue weighted by Gasteiger charge is 2.27. The lowest BCUT2D eigenvalue weighted by Gasteiger charge is -2.26. The van der Waals surface area contributed by atoms with Gasteiger partial charge in [0.2, 0.25) is 15.9 Å². The molecule has 0 radical (unpaired) electrons. The van der Waals surface area contributed by atoms with Crippen LogP contribution < -0.4 is 16.4 Å². The van der Waals surface area contributed by atoms with Gasteiger partial charge in [-0.1, -0.05) is 0 Å². The molecule has 1 aromatic rings. The standard InChI is InChI=1S/C14H22N4O4S/c1-2-16-12-4-3-11(9-13(12)17-14(19)10-15)23(20,21)18-5-7-22-8-6-18/h3-4,9,16H,2,5-8,10,15H2,1H3,(H,17,19). The molecule has 8 nitrogen and oxygen atoms in total. The highest BCUT2D eigenvalue weighted by molar-refractivity contribution is 7.89. The third-order valence-electron chi connectivity index (χ3n) is 3.43. The van der Waals surface area contributed by atoms with Gasteiger partial charge in [0.15, 0.2) is 0 Å². The lowest BCUT2D eigenvalue weighted by molar-refractivity contribution is -0.114. The lowest BCUT2D eigenvalue weighted by atomic mass is 10.2. The van der Waals surface area contributed by atoms with Gasteiger partial charge in [0.05, 0.1) is 36.0 Å². The molecule has 0 aromatic heterocycles. The second-order valence-electron chi connectivity index (χ2n) is 5.01. The lowest BCUT2D eigenvalue weighted by Crippen LogP contribution is -2.40. The maximum Gasteiger partial charge on any atom is 0.243 e. The Balaban J connectivity index is 2.34. The van der Waals surface area contributed by atoms with Crippen LogP contribution in [0.25, 0.3) is 0 Å². The number of nitrogens with two attached hydrogens (primary N) is 1. The minimum atomic E-state index is -3.62. The molecule has 0 bridgehead atoms. The number of carbonyl (C=O) groups is 1. The number of benzene rings is 1. The van der Waals surface area contributed by atoms with E-state index in [1.54, 1.807) is 6.07 Å². The van der Waals surface area contributed by atoms with Gasteiger partial charge < -0.3 is 21.1 Å². The van der Waals surface area contributed by atoms with Crippen molar-refractivity contribution in [1.82, 2.24) is 4.31 Å². The summed E-state index contributed by atoms with van der Waals surface area (Å²) >= 11 is 0. The molecule has 1 saturated heterocycles. The topological polar surface area (TPSA) is 114 Å². The van der Waals surface area contributed by atoms with Crippen LogP contribution in [0.5, 0.6) is 0 Å². The van der Waals surface area contributed by atoms with Gasteiger partial charge in [-0.05, 0) is 25.1 Å². The van der Waals surface area contributed by atoms with Crippen molar-refractivity contribution in [3.8, 4) is 0 Å². The zero-order chi connectivity index (χ0) is 16.9. The fourth-order valence-corrected chi connectivity index (χ4v) is 3.70. The van der Waals surface area contributed by atoms with E-state index >= 15 is 0 Å². The van der Waals surface area contributed by atoms with E-state index in [2.05, 4.69) is 10.6 Å². The van der Waals surface area contributed by atoms with Crippen LogP contribution in [0.15, 0.2) is 23.1 Å². The Morgan fingerprint density at radius 3 is 2.61 bits per heavy atom. The van der Waals surface area contributed by atoms with Crippen molar-refractivity contribution in [1.29, 1.82) is 0 Å². The van der Waals surface area contributed by atoms with E-state index < -0.39 is 10.0 Å². The Morgan fingerprint density at radius 2 is 2.00 bits per heavy atom. The Hall–Kier alpha value is -1.68. The van der Waals surface area contributed by atoms with Gasteiger partial charge in [-0.2, -0.15) is 4.31 Å². The predicted molar refractivity (Wildman–Crippen MR) is 87.9 cm³/mol. The van der Waals surface area contributed by atoms with Crippen LogP contribution in [0.2, 0.25) is 0 Å². The van der Waals surface area contributed by atoms with E-state index in [1.165, 1.54) is 16.4 Å². The van der Waals surface area contributed by atoms with E-state index in [1.807, 2.05) is 6.92 Å². The van der Waals surface area contributed by atoms with Crippen LogP contribution in [0.3, 0.4) is 0 Å². The summed E-state index contributed by atoms with van der Waals surface area (Å²) in [4.78, 5) is 11.7. The number of nitrogens with zero attached hydrogens (tertiary/aromatic N) is 1. The molecule has 1 amide bonds. The van der Waals surface area contributed by atoms with Gasteiger partial charge in [0, 0.05) is 19.6 Å². The Morgan fingerprint density at radius 1 is 1.30 bits per heavy atom. The third kappa shape index (κ3) is 4.20. The summed E-state index contributed by atoms with van der Waals surface area (Å²) in [6.07, 6.45) is 0.